The molecule has 0 fully saturated rings. The van der Waals surface area contributed by atoms with Crippen LogP contribution in [0.3, 0.4) is 0 Å². The monoisotopic (exact) mass is 245 g/mol. The van der Waals surface area contributed by atoms with E-state index in [9.17, 15) is 0 Å². The van der Waals surface area contributed by atoms with E-state index >= 15 is 0 Å². The van der Waals surface area contributed by atoms with Crippen LogP contribution in [0.1, 0.15) is 37.4 Å². The maximum atomic E-state index is 5.61. The summed E-state index contributed by atoms with van der Waals surface area (Å²) in [5, 5.41) is 3.80. The SMILES string of the molecule is CCCCCc1ccc(OCc2ccon2)cc1. The molecule has 2 rings (SSSR count). The van der Waals surface area contributed by atoms with Gasteiger partial charge in [0, 0.05) is 6.07 Å². The highest BCUT2D eigenvalue weighted by molar-refractivity contribution is 5.27. The molecule has 0 saturated heterocycles. The summed E-state index contributed by atoms with van der Waals surface area (Å²) in [7, 11) is 0. The first-order valence-electron chi connectivity index (χ1n) is 6.49. The maximum Gasteiger partial charge on any atom is 0.134 e. The van der Waals surface area contributed by atoms with Crippen LogP contribution in [0.15, 0.2) is 41.1 Å². The zero-order valence-corrected chi connectivity index (χ0v) is 10.8. The molecule has 0 aliphatic carbocycles. The van der Waals surface area contributed by atoms with E-state index in [1.54, 1.807) is 12.3 Å². The first-order chi connectivity index (χ1) is 8.88. The van der Waals surface area contributed by atoms with Crippen LogP contribution in [0.25, 0.3) is 0 Å². The minimum atomic E-state index is 0.450. The molecule has 0 aliphatic rings. The van der Waals surface area contributed by atoms with E-state index in [4.69, 9.17) is 9.26 Å². The Morgan fingerprint density at radius 2 is 1.94 bits per heavy atom. The molecule has 0 radical (unpaired) electrons. The molecular weight excluding hydrogens is 226 g/mol. The van der Waals surface area contributed by atoms with Crippen molar-refractivity contribution in [3.05, 3.63) is 47.9 Å². The summed E-state index contributed by atoms with van der Waals surface area (Å²) in [6.07, 6.45) is 6.52. The summed E-state index contributed by atoms with van der Waals surface area (Å²) >= 11 is 0. The fourth-order valence-corrected chi connectivity index (χ4v) is 1.80. The second-order valence-corrected chi connectivity index (χ2v) is 4.38. The van der Waals surface area contributed by atoms with Gasteiger partial charge in [-0.25, -0.2) is 0 Å². The second kappa shape index (κ2) is 6.84. The van der Waals surface area contributed by atoms with E-state index in [0.29, 0.717) is 6.61 Å². The Labute approximate surface area is 108 Å². The van der Waals surface area contributed by atoms with Crippen molar-refractivity contribution in [1.82, 2.24) is 5.16 Å². The molecule has 0 aliphatic heterocycles. The Morgan fingerprint density at radius 1 is 1.11 bits per heavy atom. The molecule has 18 heavy (non-hydrogen) atoms. The molecule has 1 aromatic heterocycles. The van der Waals surface area contributed by atoms with Crippen molar-refractivity contribution in [1.29, 1.82) is 0 Å². The van der Waals surface area contributed by atoms with E-state index in [2.05, 4.69) is 24.2 Å². The number of ether oxygens (including phenoxy) is 1. The standard InChI is InChI=1S/C15H19NO2/c1-2-3-4-5-13-6-8-15(9-7-13)17-12-14-10-11-18-16-14/h6-11H,2-5,12H2,1H3. The fourth-order valence-electron chi connectivity index (χ4n) is 1.80. The van der Waals surface area contributed by atoms with Crippen molar-refractivity contribution in [3.63, 3.8) is 0 Å². The molecule has 1 heterocycles. The Morgan fingerprint density at radius 3 is 2.61 bits per heavy atom. The molecule has 3 nitrogen and oxygen atoms in total. The lowest BCUT2D eigenvalue weighted by molar-refractivity contribution is 0.289. The van der Waals surface area contributed by atoms with Crippen LogP contribution in [-0.4, -0.2) is 5.16 Å². The molecule has 3 heteroatoms. The average molecular weight is 245 g/mol. The first kappa shape index (κ1) is 12.7. The third-order valence-electron chi connectivity index (χ3n) is 2.87. The van der Waals surface area contributed by atoms with Gasteiger partial charge in [-0.1, -0.05) is 37.1 Å². The number of benzene rings is 1. The number of hydrogen-bond acceptors (Lipinski definition) is 3. The van der Waals surface area contributed by atoms with Gasteiger partial charge in [-0.2, -0.15) is 0 Å². The van der Waals surface area contributed by atoms with Crippen molar-refractivity contribution < 1.29 is 9.26 Å². The fraction of sp³-hybridized carbons (Fsp3) is 0.400. The molecule has 1 aromatic carbocycles. The molecule has 0 N–H and O–H groups in total. The Bertz CT molecular complexity index is 434. The largest absolute Gasteiger partial charge is 0.487 e. The molecule has 96 valence electrons. The topological polar surface area (TPSA) is 35.3 Å². The third kappa shape index (κ3) is 3.91. The smallest absolute Gasteiger partial charge is 0.134 e. The van der Waals surface area contributed by atoms with E-state index in [-0.39, 0.29) is 0 Å². The Kier molecular flexibility index (Phi) is 4.82. The summed E-state index contributed by atoms with van der Waals surface area (Å²) in [4.78, 5) is 0. The minimum absolute atomic E-state index is 0.450. The molecule has 0 spiro atoms. The van der Waals surface area contributed by atoms with Gasteiger partial charge in [0.2, 0.25) is 0 Å². The van der Waals surface area contributed by atoms with Gasteiger partial charge < -0.3 is 9.26 Å². The minimum Gasteiger partial charge on any atom is -0.487 e. The van der Waals surface area contributed by atoms with Gasteiger partial charge in [-0.05, 0) is 30.5 Å². The highest BCUT2D eigenvalue weighted by Crippen LogP contribution is 2.15. The summed E-state index contributed by atoms with van der Waals surface area (Å²) < 4.78 is 10.4. The lowest BCUT2D eigenvalue weighted by Gasteiger charge is -2.05. The molecule has 2 aromatic rings. The highest BCUT2D eigenvalue weighted by atomic mass is 16.5. The molecule has 0 amide bonds. The highest BCUT2D eigenvalue weighted by Gasteiger charge is 1.99. The van der Waals surface area contributed by atoms with Crippen molar-refractivity contribution in [2.45, 2.75) is 39.2 Å². The van der Waals surface area contributed by atoms with Crippen LogP contribution in [-0.2, 0) is 13.0 Å². The predicted molar refractivity (Wildman–Crippen MR) is 70.5 cm³/mol. The van der Waals surface area contributed by atoms with Gasteiger partial charge in [-0.15, -0.1) is 0 Å². The van der Waals surface area contributed by atoms with Crippen LogP contribution < -0.4 is 4.74 Å². The van der Waals surface area contributed by atoms with Crippen LogP contribution in [0.4, 0.5) is 0 Å². The molecule has 0 atom stereocenters. The van der Waals surface area contributed by atoms with Gasteiger partial charge in [0.1, 0.15) is 24.3 Å². The van der Waals surface area contributed by atoms with Crippen LogP contribution in [0.5, 0.6) is 5.75 Å². The Balaban J connectivity index is 1.80. The van der Waals surface area contributed by atoms with E-state index in [0.717, 1.165) is 17.9 Å². The van der Waals surface area contributed by atoms with Crippen LogP contribution in [0.2, 0.25) is 0 Å². The lowest BCUT2D eigenvalue weighted by atomic mass is 10.1. The van der Waals surface area contributed by atoms with E-state index in [1.807, 2.05) is 12.1 Å². The number of unbranched alkanes of at least 4 members (excludes halogenated alkanes) is 2. The van der Waals surface area contributed by atoms with Gasteiger partial charge in [-0.3, -0.25) is 0 Å². The van der Waals surface area contributed by atoms with Crippen molar-refractivity contribution in [3.8, 4) is 5.75 Å². The van der Waals surface area contributed by atoms with Gasteiger partial charge in [0.25, 0.3) is 0 Å². The zero-order valence-electron chi connectivity index (χ0n) is 10.8. The number of rotatable bonds is 7. The van der Waals surface area contributed by atoms with Crippen molar-refractivity contribution in [2.75, 3.05) is 0 Å². The molecule has 0 unspecified atom stereocenters. The molecular formula is C15H19NO2. The maximum absolute atomic E-state index is 5.61. The quantitative estimate of drug-likeness (QED) is 0.692. The van der Waals surface area contributed by atoms with Gasteiger partial charge in [0.15, 0.2) is 0 Å². The number of aryl methyl sites for hydroxylation is 1. The summed E-state index contributed by atoms with van der Waals surface area (Å²) in [6.45, 7) is 2.67. The van der Waals surface area contributed by atoms with Gasteiger partial charge >= 0.3 is 0 Å². The zero-order chi connectivity index (χ0) is 12.6. The van der Waals surface area contributed by atoms with E-state index < -0.39 is 0 Å². The van der Waals surface area contributed by atoms with Crippen LogP contribution in [0, 0.1) is 0 Å². The first-order valence-corrected chi connectivity index (χ1v) is 6.49. The van der Waals surface area contributed by atoms with Crippen molar-refractivity contribution >= 4 is 0 Å². The Hall–Kier alpha value is -1.77. The number of nitrogens with zero attached hydrogens (tertiary/aromatic N) is 1. The van der Waals surface area contributed by atoms with Crippen LogP contribution >= 0.6 is 0 Å². The van der Waals surface area contributed by atoms with Crippen molar-refractivity contribution in [2.24, 2.45) is 0 Å². The van der Waals surface area contributed by atoms with E-state index in [1.165, 1.54) is 24.8 Å². The number of hydrogen-bond donors (Lipinski definition) is 0. The third-order valence-corrected chi connectivity index (χ3v) is 2.87. The molecule has 0 bridgehead atoms. The predicted octanol–water partition coefficient (Wildman–Crippen LogP) is 3.99. The summed E-state index contributed by atoms with van der Waals surface area (Å²) in [5.74, 6) is 0.872. The number of aromatic nitrogens is 1. The summed E-state index contributed by atoms with van der Waals surface area (Å²) in [5.41, 5.74) is 2.18. The molecule has 0 saturated carbocycles. The lowest BCUT2D eigenvalue weighted by Crippen LogP contribution is -1.95. The average Bonchev–Trinajstić information content (AvgIpc) is 2.91. The second-order valence-electron chi connectivity index (χ2n) is 4.38. The summed E-state index contributed by atoms with van der Waals surface area (Å²) in [6, 6.07) is 10.1. The van der Waals surface area contributed by atoms with Gasteiger partial charge in [0.05, 0.1) is 0 Å². The normalized spacial score (nSPS) is 10.5.